The second-order valence-corrected chi connectivity index (χ2v) is 8.98. The average molecular weight is 467 g/mol. The van der Waals surface area contributed by atoms with Gasteiger partial charge in [0.15, 0.2) is 0 Å². The van der Waals surface area contributed by atoms with Crippen LogP contribution in [0.15, 0.2) is 42.5 Å². The minimum absolute atomic E-state index is 0.0254. The van der Waals surface area contributed by atoms with Gasteiger partial charge in [0.1, 0.15) is 11.4 Å². The highest BCUT2D eigenvalue weighted by atomic mass is 16.6. The fourth-order valence-electron chi connectivity index (χ4n) is 4.63. The molecule has 8 nitrogen and oxygen atoms in total. The maximum atomic E-state index is 13.0. The van der Waals surface area contributed by atoms with E-state index < -0.39 is 0 Å². The number of hydrogen-bond donors (Lipinski definition) is 0. The number of anilines is 2. The van der Waals surface area contributed by atoms with Crippen molar-refractivity contribution in [1.82, 2.24) is 4.90 Å². The summed E-state index contributed by atoms with van der Waals surface area (Å²) in [6.07, 6.45) is 5.40. The molecule has 0 aliphatic carbocycles. The normalized spacial score (nSPS) is 16.4. The molecule has 0 aromatic heterocycles. The molecule has 2 saturated heterocycles. The molecule has 2 aliphatic rings. The van der Waals surface area contributed by atoms with Crippen molar-refractivity contribution in [2.24, 2.45) is 0 Å². The lowest BCUT2D eigenvalue weighted by Crippen LogP contribution is -2.48. The highest BCUT2D eigenvalue weighted by Crippen LogP contribution is 2.34. The second-order valence-electron chi connectivity index (χ2n) is 8.98. The number of unbranched alkanes of at least 4 members (excludes halogenated alkanes) is 1. The predicted octanol–water partition coefficient (Wildman–Crippen LogP) is 4.73. The molecule has 182 valence electrons. The molecule has 0 N–H and O–H groups in total. The van der Waals surface area contributed by atoms with Crippen molar-refractivity contribution in [2.75, 3.05) is 55.7 Å². The van der Waals surface area contributed by atoms with Gasteiger partial charge in [0.2, 0.25) is 0 Å². The zero-order chi connectivity index (χ0) is 23.9. The van der Waals surface area contributed by atoms with Gasteiger partial charge in [-0.2, -0.15) is 0 Å². The van der Waals surface area contributed by atoms with Crippen LogP contribution in [0.3, 0.4) is 0 Å². The smallest absolute Gasteiger partial charge is 0.292 e. The molecule has 34 heavy (non-hydrogen) atoms. The molecule has 8 heteroatoms. The molecule has 4 rings (SSSR count). The molecule has 0 spiro atoms. The van der Waals surface area contributed by atoms with Gasteiger partial charge in [-0.1, -0.05) is 13.3 Å². The number of ether oxygens (including phenoxy) is 1. The first-order chi connectivity index (χ1) is 16.6. The minimum atomic E-state index is -0.287. The largest absolute Gasteiger partial charge is 0.494 e. The highest BCUT2D eigenvalue weighted by molar-refractivity contribution is 5.94. The minimum Gasteiger partial charge on any atom is -0.494 e. The van der Waals surface area contributed by atoms with Crippen LogP contribution < -0.4 is 14.5 Å². The summed E-state index contributed by atoms with van der Waals surface area (Å²) in [5.74, 6) is 0.815. The van der Waals surface area contributed by atoms with Gasteiger partial charge in [0, 0.05) is 56.6 Å². The Hall–Kier alpha value is -3.29. The van der Waals surface area contributed by atoms with E-state index >= 15 is 0 Å². The third-order valence-electron chi connectivity index (χ3n) is 6.65. The average Bonchev–Trinajstić information content (AvgIpc) is 2.89. The molecule has 0 unspecified atom stereocenters. The van der Waals surface area contributed by atoms with Crippen molar-refractivity contribution in [1.29, 1.82) is 0 Å². The number of carbonyl (C=O) groups excluding carboxylic acids is 1. The van der Waals surface area contributed by atoms with Crippen molar-refractivity contribution in [3.8, 4) is 5.75 Å². The van der Waals surface area contributed by atoms with Crippen molar-refractivity contribution >= 4 is 23.0 Å². The highest BCUT2D eigenvalue weighted by Gasteiger charge is 2.26. The third kappa shape index (κ3) is 5.61. The van der Waals surface area contributed by atoms with E-state index in [1.165, 1.54) is 6.42 Å². The van der Waals surface area contributed by atoms with Gasteiger partial charge in [0.25, 0.3) is 11.6 Å². The molecule has 0 bridgehead atoms. The maximum Gasteiger partial charge on any atom is 0.292 e. The number of rotatable bonds is 8. The summed E-state index contributed by atoms with van der Waals surface area (Å²) in [6.45, 7) is 7.15. The van der Waals surface area contributed by atoms with E-state index in [0.717, 1.165) is 50.2 Å². The van der Waals surface area contributed by atoms with E-state index in [2.05, 4.69) is 16.7 Å². The lowest BCUT2D eigenvalue weighted by atomic mass is 10.1. The van der Waals surface area contributed by atoms with Crippen LogP contribution in [0.1, 0.15) is 49.4 Å². The summed E-state index contributed by atoms with van der Waals surface area (Å²) in [4.78, 5) is 30.5. The van der Waals surface area contributed by atoms with Crippen molar-refractivity contribution < 1.29 is 14.5 Å². The Bertz CT molecular complexity index is 981. The summed E-state index contributed by atoms with van der Waals surface area (Å²) in [7, 11) is 0. The quantitative estimate of drug-likeness (QED) is 0.318. The van der Waals surface area contributed by atoms with Gasteiger partial charge < -0.3 is 19.4 Å². The van der Waals surface area contributed by atoms with E-state index in [1.54, 1.807) is 6.07 Å². The van der Waals surface area contributed by atoms with Gasteiger partial charge in [-0.25, -0.2) is 0 Å². The van der Waals surface area contributed by atoms with E-state index in [0.29, 0.717) is 44.0 Å². The van der Waals surface area contributed by atoms with Crippen LogP contribution in [0.5, 0.6) is 5.75 Å². The summed E-state index contributed by atoms with van der Waals surface area (Å²) in [5.41, 5.74) is 2.52. The SMILES string of the molecule is CCCCOc1ccc(C(=O)N2CCN(c3ccc([N+](=O)[O-])c(N4CCCCC4)c3)CC2)cc1. The number of benzene rings is 2. The zero-order valence-corrected chi connectivity index (χ0v) is 19.9. The predicted molar refractivity (Wildman–Crippen MR) is 134 cm³/mol. The molecule has 2 aromatic rings. The van der Waals surface area contributed by atoms with Gasteiger partial charge in [-0.15, -0.1) is 0 Å². The lowest BCUT2D eigenvalue weighted by molar-refractivity contribution is -0.384. The molecule has 2 fully saturated rings. The number of amides is 1. The van der Waals surface area contributed by atoms with Crippen LogP contribution in [0, 0.1) is 10.1 Å². The van der Waals surface area contributed by atoms with Crippen LogP contribution in [0.2, 0.25) is 0 Å². The Morgan fingerprint density at radius 2 is 1.65 bits per heavy atom. The summed E-state index contributed by atoms with van der Waals surface area (Å²) >= 11 is 0. The van der Waals surface area contributed by atoms with E-state index in [9.17, 15) is 14.9 Å². The molecular formula is C26H34N4O4. The van der Waals surface area contributed by atoms with Crippen molar-refractivity contribution in [3.05, 3.63) is 58.1 Å². The molecule has 2 aromatic carbocycles. The van der Waals surface area contributed by atoms with Crippen molar-refractivity contribution in [2.45, 2.75) is 39.0 Å². The van der Waals surface area contributed by atoms with Gasteiger partial charge >= 0.3 is 0 Å². The maximum absolute atomic E-state index is 13.0. The molecule has 0 saturated carbocycles. The van der Waals surface area contributed by atoms with Crippen molar-refractivity contribution in [3.63, 3.8) is 0 Å². The molecule has 2 heterocycles. The Labute approximate surface area is 201 Å². The third-order valence-corrected chi connectivity index (χ3v) is 6.65. The van der Waals surface area contributed by atoms with E-state index in [-0.39, 0.29) is 16.5 Å². The fourth-order valence-corrected chi connectivity index (χ4v) is 4.63. The number of piperidine rings is 1. The monoisotopic (exact) mass is 466 g/mol. The van der Waals surface area contributed by atoms with Gasteiger partial charge in [-0.05, 0) is 62.1 Å². The lowest BCUT2D eigenvalue weighted by Gasteiger charge is -2.37. The van der Waals surface area contributed by atoms with Gasteiger partial charge in [0.05, 0.1) is 11.5 Å². The van der Waals surface area contributed by atoms with Crippen LogP contribution in [0.25, 0.3) is 0 Å². The zero-order valence-electron chi connectivity index (χ0n) is 19.9. The molecular weight excluding hydrogens is 432 g/mol. The topological polar surface area (TPSA) is 79.2 Å². The Morgan fingerprint density at radius 1 is 0.941 bits per heavy atom. The molecule has 2 aliphatic heterocycles. The van der Waals surface area contributed by atoms with Crippen LogP contribution in [0.4, 0.5) is 17.1 Å². The standard InChI is InChI=1S/C26H34N4O4/c1-2-3-19-34-23-10-7-21(8-11-23)26(31)29-17-15-27(16-18-29)22-9-12-24(30(32)33)25(20-22)28-13-5-4-6-14-28/h7-12,20H,2-6,13-19H2,1H3. The fraction of sp³-hybridized carbons (Fsp3) is 0.500. The van der Waals surface area contributed by atoms with Crippen LogP contribution in [-0.2, 0) is 0 Å². The first-order valence-electron chi connectivity index (χ1n) is 12.4. The second kappa shape index (κ2) is 11.2. The number of nitro benzene ring substituents is 1. The van der Waals surface area contributed by atoms with E-state index in [1.807, 2.05) is 41.3 Å². The summed E-state index contributed by atoms with van der Waals surface area (Å²) < 4.78 is 5.69. The summed E-state index contributed by atoms with van der Waals surface area (Å²) in [5, 5.41) is 11.6. The van der Waals surface area contributed by atoms with Crippen LogP contribution >= 0.6 is 0 Å². The Balaban J connectivity index is 1.38. The number of hydrogen-bond acceptors (Lipinski definition) is 6. The summed E-state index contributed by atoms with van der Waals surface area (Å²) in [6, 6.07) is 12.8. The first-order valence-corrected chi connectivity index (χ1v) is 12.4. The number of nitro groups is 1. The van der Waals surface area contributed by atoms with E-state index in [4.69, 9.17) is 4.74 Å². The van der Waals surface area contributed by atoms with Gasteiger partial charge in [-0.3, -0.25) is 14.9 Å². The Morgan fingerprint density at radius 3 is 2.29 bits per heavy atom. The molecule has 1 amide bonds. The number of nitrogens with zero attached hydrogens (tertiary/aromatic N) is 4. The van der Waals surface area contributed by atoms with Crippen LogP contribution in [-0.4, -0.2) is 61.6 Å². The first kappa shape index (κ1) is 23.9. The Kier molecular flexibility index (Phi) is 7.87. The number of piperazine rings is 1. The number of carbonyl (C=O) groups is 1. The molecule has 0 radical (unpaired) electrons. The molecule has 0 atom stereocenters.